The van der Waals surface area contributed by atoms with Crippen LogP contribution in [0.3, 0.4) is 0 Å². The number of phenolic OH excluding ortho intramolecular Hbond substituents is 2. The number of benzene rings is 1. The molecule has 41 heavy (non-hydrogen) atoms. The summed E-state index contributed by atoms with van der Waals surface area (Å²) in [6.45, 7) is 5.81. The number of ketones is 3. The highest BCUT2D eigenvalue weighted by atomic mass is 32.2. The molecular weight excluding hydrogens is 548 g/mol. The lowest BCUT2D eigenvalue weighted by Gasteiger charge is -2.29. The number of nitrogens with zero attached hydrogens (tertiary/aromatic N) is 3. The Morgan fingerprint density at radius 1 is 1.22 bits per heavy atom. The zero-order chi connectivity index (χ0) is 29.6. The van der Waals surface area contributed by atoms with E-state index < -0.39 is 34.6 Å². The summed E-state index contributed by atoms with van der Waals surface area (Å²) in [4.78, 5) is 48.5. The molecule has 1 aliphatic heterocycles. The summed E-state index contributed by atoms with van der Waals surface area (Å²) in [5.41, 5.74) is -0.892. The smallest absolute Gasteiger partial charge is 0.249 e. The van der Waals surface area contributed by atoms with Gasteiger partial charge in [-0.05, 0) is 58.3 Å². The Balaban J connectivity index is 1.56. The second-order valence-corrected chi connectivity index (χ2v) is 11.0. The molecule has 12 heteroatoms. The van der Waals surface area contributed by atoms with Crippen molar-refractivity contribution in [2.24, 2.45) is 0 Å². The van der Waals surface area contributed by atoms with E-state index in [2.05, 4.69) is 20.4 Å². The van der Waals surface area contributed by atoms with E-state index >= 15 is 0 Å². The van der Waals surface area contributed by atoms with Crippen LogP contribution in [-0.2, 0) is 15.0 Å². The van der Waals surface area contributed by atoms with Crippen LogP contribution in [0.5, 0.6) is 17.2 Å². The number of ether oxygens (including phenoxy) is 1. The highest BCUT2D eigenvalue weighted by Gasteiger charge is 2.56. The van der Waals surface area contributed by atoms with E-state index in [4.69, 9.17) is 9.26 Å². The lowest BCUT2D eigenvalue weighted by atomic mass is 9.70. The largest absolute Gasteiger partial charge is 0.507 e. The number of carbonyl (C=O) groups is 3. The number of hydrogen-bond donors (Lipinski definition) is 3. The van der Waals surface area contributed by atoms with Crippen LogP contribution in [0.2, 0.25) is 0 Å². The molecule has 3 aromatic rings. The minimum absolute atomic E-state index is 0.0289. The molecule has 2 unspecified atom stereocenters. The summed E-state index contributed by atoms with van der Waals surface area (Å²) in [5.74, 6) is -1.36. The number of Topliss-reactive ketones (excluding diaryl/α,β-unsaturated/α-hetero) is 2. The first-order chi connectivity index (χ1) is 19.5. The summed E-state index contributed by atoms with van der Waals surface area (Å²) >= 11 is 1.61. The third kappa shape index (κ3) is 4.48. The van der Waals surface area contributed by atoms with Gasteiger partial charge < -0.3 is 24.8 Å². The summed E-state index contributed by atoms with van der Waals surface area (Å²) in [7, 11) is 0. The van der Waals surface area contributed by atoms with E-state index in [0.717, 1.165) is 5.75 Å². The molecule has 0 fully saturated rings. The fourth-order valence-electron chi connectivity index (χ4n) is 5.18. The van der Waals surface area contributed by atoms with Gasteiger partial charge in [0.15, 0.2) is 17.3 Å². The van der Waals surface area contributed by atoms with Gasteiger partial charge in [0.25, 0.3) is 0 Å². The highest BCUT2D eigenvalue weighted by molar-refractivity contribution is 7.98. The maximum atomic E-state index is 14.1. The topological polar surface area (TPSA) is 165 Å². The van der Waals surface area contributed by atoms with Crippen molar-refractivity contribution in [2.45, 2.75) is 45.6 Å². The molecule has 2 aliphatic rings. The summed E-state index contributed by atoms with van der Waals surface area (Å²) in [5, 5.41) is 28.9. The van der Waals surface area contributed by atoms with Crippen LogP contribution in [0, 0.1) is 6.92 Å². The molecule has 0 amide bonds. The van der Waals surface area contributed by atoms with Crippen molar-refractivity contribution in [2.75, 3.05) is 12.0 Å². The molecular formula is C29H28N4O7S. The Labute approximate surface area is 239 Å². The van der Waals surface area contributed by atoms with Crippen LogP contribution in [-0.4, -0.2) is 54.7 Å². The van der Waals surface area contributed by atoms with Crippen molar-refractivity contribution >= 4 is 29.1 Å². The molecule has 0 spiro atoms. The van der Waals surface area contributed by atoms with Crippen molar-refractivity contribution in [1.82, 2.24) is 20.4 Å². The molecule has 2 atom stereocenters. The second kappa shape index (κ2) is 10.5. The number of allylic oxidation sites excluding steroid dienone is 4. The van der Waals surface area contributed by atoms with Crippen LogP contribution in [0.1, 0.15) is 60.6 Å². The van der Waals surface area contributed by atoms with Crippen molar-refractivity contribution in [1.29, 1.82) is 0 Å². The summed E-state index contributed by atoms with van der Waals surface area (Å²) in [6, 6.07) is 3.05. The van der Waals surface area contributed by atoms with Crippen LogP contribution in [0.15, 0.2) is 52.2 Å². The van der Waals surface area contributed by atoms with Gasteiger partial charge >= 0.3 is 0 Å². The number of hydrogen-bond acceptors (Lipinski definition) is 12. The molecule has 2 aromatic heterocycles. The molecule has 212 valence electrons. The predicted octanol–water partition coefficient (Wildman–Crippen LogP) is 4.10. The number of rotatable bonds is 8. The molecule has 3 heterocycles. The van der Waals surface area contributed by atoms with Crippen molar-refractivity contribution in [3.8, 4) is 28.6 Å². The zero-order valence-electron chi connectivity index (χ0n) is 23.1. The fourth-order valence-corrected chi connectivity index (χ4v) is 5.65. The normalized spacial score (nSPS) is 19.7. The van der Waals surface area contributed by atoms with Crippen LogP contribution in [0.4, 0.5) is 0 Å². The van der Waals surface area contributed by atoms with Gasteiger partial charge in [0.1, 0.15) is 40.0 Å². The second-order valence-electron chi connectivity index (χ2n) is 10.1. The van der Waals surface area contributed by atoms with Crippen LogP contribution >= 0.6 is 11.8 Å². The zero-order valence-corrected chi connectivity index (χ0v) is 23.9. The number of aromatic nitrogens is 3. The van der Waals surface area contributed by atoms with Crippen LogP contribution < -0.4 is 10.1 Å². The average molecular weight is 577 g/mol. The number of thioether (sulfide) groups is 1. The third-order valence-corrected chi connectivity index (χ3v) is 8.06. The maximum Gasteiger partial charge on any atom is 0.249 e. The van der Waals surface area contributed by atoms with Gasteiger partial charge in [0.2, 0.25) is 11.7 Å². The lowest BCUT2D eigenvalue weighted by molar-refractivity contribution is -0.123. The number of aromatic hydroxyl groups is 2. The van der Waals surface area contributed by atoms with Gasteiger partial charge in [-0.25, -0.2) is 0 Å². The van der Waals surface area contributed by atoms with Gasteiger partial charge in [0, 0.05) is 35.3 Å². The number of nitrogens with one attached hydrogen (secondary N) is 1. The number of pyridine rings is 1. The Kier molecular flexibility index (Phi) is 7.20. The first-order valence-corrected chi connectivity index (χ1v) is 14.2. The van der Waals surface area contributed by atoms with Gasteiger partial charge in [0.05, 0.1) is 11.1 Å². The highest BCUT2D eigenvalue weighted by Crippen LogP contribution is 2.57. The molecule has 5 rings (SSSR count). The molecule has 1 aliphatic carbocycles. The van der Waals surface area contributed by atoms with Crippen molar-refractivity contribution in [3.05, 3.63) is 70.2 Å². The Hall–Kier alpha value is -4.45. The van der Waals surface area contributed by atoms with E-state index in [0.29, 0.717) is 17.8 Å². The van der Waals surface area contributed by atoms with Gasteiger partial charge in [-0.3, -0.25) is 19.4 Å². The van der Waals surface area contributed by atoms with E-state index in [1.165, 1.54) is 26.8 Å². The van der Waals surface area contributed by atoms with Gasteiger partial charge in [-0.1, -0.05) is 5.16 Å². The van der Waals surface area contributed by atoms with Crippen molar-refractivity contribution in [3.63, 3.8) is 0 Å². The fraction of sp³-hybridized carbons (Fsp3) is 0.310. The van der Waals surface area contributed by atoms with E-state index in [1.54, 1.807) is 43.2 Å². The molecule has 3 N–H and O–H groups in total. The number of carbonyl (C=O) groups excluding carboxylic acids is 3. The Bertz CT molecular complexity index is 1660. The van der Waals surface area contributed by atoms with Gasteiger partial charge in [-0.15, -0.1) is 0 Å². The monoisotopic (exact) mass is 576 g/mol. The predicted molar refractivity (Wildman–Crippen MR) is 150 cm³/mol. The molecule has 0 radical (unpaired) electrons. The van der Waals surface area contributed by atoms with Gasteiger partial charge in [-0.2, -0.15) is 16.7 Å². The minimum atomic E-state index is -1.61. The molecule has 1 aromatic carbocycles. The standard InChI is InChI=1S/C29H28N4O7S/c1-13-23(36)21(15(3)34)25-22(24(13)37)29(4)19(39-25)11-18(35)20(26(29)38)14(2)31-17(8-10-41-5)28-32-27(33-40-28)16-7-6-9-30-12-16/h6-7,9,11-12,17,31,36-37H,8,10H2,1-5H3. The van der Waals surface area contributed by atoms with E-state index in [9.17, 15) is 24.6 Å². The van der Waals surface area contributed by atoms with Crippen LogP contribution in [0.25, 0.3) is 11.4 Å². The SMILES string of the molecule is CSCCC(NC(C)=C1C(=O)C=C2Oc3c(C(C)=O)c(O)c(C)c(O)c3C2(C)C1=O)c1nc(-c2cccnc2)no1. The Morgan fingerprint density at radius 2 is 1.98 bits per heavy atom. The minimum Gasteiger partial charge on any atom is -0.507 e. The Morgan fingerprint density at radius 3 is 2.63 bits per heavy atom. The summed E-state index contributed by atoms with van der Waals surface area (Å²) in [6.07, 6.45) is 6.94. The number of phenols is 2. The molecule has 11 nitrogen and oxygen atoms in total. The third-order valence-electron chi connectivity index (χ3n) is 7.42. The first-order valence-electron chi connectivity index (χ1n) is 12.8. The quantitative estimate of drug-likeness (QED) is 0.200. The van der Waals surface area contributed by atoms with Crippen molar-refractivity contribution < 1.29 is 33.9 Å². The van der Waals surface area contributed by atoms with E-state index in [1.807, 2.05) is 6.26 Å². The number of fused-ring (bicyclic) bond motifs is 3. The average Bonchev–Trinajstić information content (AvgIpc) is 3.54. The molecule has 0 bridgehead atoms. The summed E-state index contributed by atoms with van der Waals surface area (Å²) < 4.78 is 11.4. The lowest BCUT2D eigenvalue weighted by Crippen LogP contribution is -2.41. The van der Waals surface area contributed by atoms with E-state index in [-0.39, 0.29) is 51.1 Å². The maximum absolute atomic E-state index is 14.1. The molecule has 0 saturated carbocycles. The first kappa shape index (κ1) is 28.1. The molecule has 0 saturated heterocycles.